The molecule has 2 aliphatic rings. The lowest BCUT2D eigenvalue weighted by atomic mass is 9.82. The molecule has 0 fully saturated rings. The topological polar surface area (TPSA) is 0 Å². The van der Waals surface area contributed by atoms with Gasteiger partial charge in [0.2, 0.25) is 0 Å². The van der Waals surface area contributed by atoms with Crippen molar-refractivity contribution in [3.05, 3.63) is 77.9 Å². The zero-order chi connectivity index (χ0) is 13.5. The van der Waals surface area contributed by atoms with Crippen molar-refractivity contribution in [2.75, 3.05) is 0 Å². The van der Waals surface area contributed by atoms with Crippen molar-refractivity contribution in [2.45, 2.75) is 15.7 Å². The van der Waals surface area contributed by atoms with E-state index >= 15 is 0 Å². The van der Waals surface area contributed by atoms with Crippen LogP contribution in [0.3, 0.4) is 0 Å². The fourth-order valence-corrected chi connectivity index (χ4v) is 4.26. The van der Waals surface area contributed by atoms with Crippen LogP contribution < -0.4 is 0 Å². The Morgan fingerprint density at radius 2 is 1.70 bits per heavy atom. The second-order valence-corrected chi connectivity index (χ2v) is 6.39. The van der Waals surface area contributed by atoms with Crippen molar-refractivity contribution in [2.24, 2.45) is 0 Å². The molecule has 2 heteroatoms. The van der Waals surface area contributed by atoms with Crippen LogP contribution in [0.5, 0.6) is 0 Å². The molecule has 0 spiro atoms. The zero-order valence-corrected chi connectivity index (χ0v) is 12.3. The summed E-state index contributed by atoms with van der Waals surface area (Å²) in [6.45, 7) is 0. The Balaban J connectivity index is 2.05. The molecule has 1 atom stereocenters. The molecule has 95 valence electrons. The van der Waals surface area contributed by atoms with E-state index in [4.69, 9.17) is 12.2 Å². The second-order valence-electron chi connectivity index (χ2n) is 4.87. The molecular weight excluding hydrogens is 280 g/mol. The van der Waals surface area contributed by atoms with Gasteiger partial charge in [-0.25, -0.2) is 0 Å². The van der Waals surface area contributed by atoms with E-state index in [-0.39, 0.29) is 5.92 Å². The van der Waals surface area contributed by atoms with Crippen LogP contribution in [0.1, 0.15) is 17.0 Å². The van der Waals surface area contributed by atoms with Gasteiger partial charge in [-0.1, -0.05) is 72.5 Å². The van der Waals surface area contributed by atoms with E-state index in [9.17, 15) is 0 Å². The molecule has 0 amide bonds. The number of fused-ring (bicyclic) bond motifs is 5. The molecule has 2 aromatic carbocycles. The minimum atomic E-state index is 0.155. The summed E-state index contributed by atoms with van der Waals surface area (Å²) < 4.78 is 0. The standard InChI is InChI=1S/C18H11S2/c19-15-9-5-8-13-12-6-1-3-10-16(12)20-17-11-4-2-7-14(17)18(13)15/h1-8,10-11,18H. The lowest BCUT2D eigenvalue weighted by Gasteiger charge is -2.22. The first kappa shape index (κ1) is 12.1. The summed E-state index contributed by atoms with van der Waals surface area (Å²) in [4.78, 5) is 3.47. The van der Waals surface area contributed by atoms with Crippen LogP contribution in [0.25, 0.3) is 5.57 Å². The second kappa shape index (κ2) is 4.72. The number of hydrogen-bond acceptors (Lipinski definition) is 2. The number of benzene rings is 2. The molecular formula is C18H11S2. The van der Waals surface area contributed by atoms with Gasteiger partial charge in [-0.05, 0) is 34.9 Å². The van der Waals surface area contributed by atoms with Gasteiger partial charge in [-0.15, -0.1) is 0 Å². The third-order valence-corrected chi connectivity index (χ3v) is 5.23. The monoisotopic (exact) mass is 291 g/mol. The Bertz CT molecular complexity index is 768. The summed E-state index contributed by atoms with van der Waals surface area (Å²) >= 11 is 7.41. The molecule has 4 rings (SSSR count). The van der Waals surface area contributed by atoms with Crippen molar-refractivity contribution < 1.29 is 0 Å². The molecule has 20 heavy (non-hydrogen) atoms. The highest BCUT2D eigenvalue weighted by Gasteiger charge is 2.29. The van der Waals surface area contributed by atoms with Crippen molar-refractivity contribution in [1.29, 1.82) is 0 Å². The Labute approximate surface area is 128 Å². The fraction of sp³-hybridized carbons (Fsp3) is 0.0556. The highest BCUT2D eigenvalue weighted by Crippen LogP contribution is 2.48. The zero-order valence-electron chi connectivity index (χ0n) is 10.7. The van der Waals surface area contributed by atoms with Crippen molar-refractivity contribution in [3.8, 4) is 0 Å². The quantitative estimate of drug-likeness (QED) is 0.622. The molecule has 1 aliphatic carbocycles. The summed E-state index contributed by atoms with van der Waals surface area (Å²) in [6, 6.07) is 17.1. The molecule has 2 aromatic rings. The Kier molecular flexibility index (Phi) is 2.86. The summed E-state index contributed by atoms with van der Waals surface area (Å²) in [7, 11) is 0. The van der Waals surface area contributed by atoms with E-state index < -0.39 is 0 Å². The summed E-state index contributed by atoms with van der Waals surface area (Å²) in [5.74, 6) is 0.155. The molecule has 0 nitrogen and oxygen atoms in total. The Morgan fingerprint density at radius 3 is 2.60 bits per heavy atom. The minimum absolute atomic E-state index is 0.155. The predicted octanol–water partition coefficient (Wildman–Crippen LogP) is 5.06. The first-order valence-corrected chi connectivity index (χ1v) is 7.77. The van der Waals surface area contributed by atoms with Gasteiger partial charge >= 0.3 is 0 Å². The number of allylic oxidation sites excluding steroid dienone is 4. The average Bonchev–Trinajstić information content (AvgIpc) is 2.62. The van der Waals surface area contributed by atoms with Gasteiger partial charge in [0.1, 0.15) is 0 Å². The van der Waals surface area contributed by atoms with Gasteiger partial charge in [0.15, 0.2) is 0 Å². The molecule has 0 bridgehead atoms. The van der Waals surface area contributed by atoms with Crippen LogP contribution in [-0.4, -0.2) is 4.86 Å². The van der Waals surface area contributed by atoms with Gasteiger partial charge < -0.3 is 0 Å². The molecule has 0 N–H and O–H groups in total. The average molecular weight is 291 g/mol. The van der Waals surface area contributed by atoms with Gasteiger partial charge in [-0.2, -0.15) is 0 Å². The van der Waals surface area contributed by atoms with Crippen molar-refractivity contribution in [3.63, 3.8) is 0 Å². The summed E-state index contributed by atoms with van der Waals surface area (Å²) in [5.41, 5.74) is 3.88. The first-order chi connectivity index (χ1) is 9.84. The fourth-order valence-electron chi connectivity index (χ4n) is 2.81. The molecule has 1 unspecified atom stereocenters. The van der Waals surface area contributed by atoms with E-state index in [1.165, 1.54) is 26.5 Å². The highest BCUT2D eigenvalue weighted by atomic mass is 32.2. The molecule has 0 saturated heterocycles. The van der Waals surface area contributed by atoms with Crippen LogP contribution in [-0.2, 0) is 0 Å². The van der Waals surface area contributed by atoms with Crippen molar-refractivity contribution >= 4 is 34.4 Å². The van der Waals surface area contributed by atoms with Crippen LogP contribution >= 0.6 is 24.0 Å². The number of thiocarbonyl (C=S) groups is 1. The normalized spacial score (nSPS) is 19.5. The van der Waals surface area contributed by atoms with E-state index in [2.05, 4.69) is 60.7 Å². The molecule has 0 saturated carbocycles. The Hall–Kier alpha value is -1.64. The lowest BCUT2D eigenvalue weighted by molar-refractivity contribution is 1.11. The summed E-state index contributed by atoms with van der Waals surface area (Å²) in [6.07, 6.45) is 7.30. The van der Waals surface area contributed by atoms with Gasteiger partial charge in [0, 0.05) is 20.6 Å². The maximum absolute atomic E-state index is 5.58. The minimum Gasteiger partial charge on any atom is -0.0891 e. The molecule has 0 aromatic heterocycles. The van der Waals surface area contributed by atoms with Gasteiger partial charge in [0.05, 0.1) is 0 Å². The van der Waals surface area contributed by atoms with E-state index in [1.807, 2.05) is 17.8 Å². The van der Waals surface area contributed by atoms with Gasteiger partial charge in [-0.3, -0.25) is 0 Å². The first-order valence-electron chi connectivity index (χ1n) is 6.54. The Morgan fingerprint density at radius 1 is 0.950 bits per heavy atom. The maximum Gasteiger partial charge on any atom is 0.0466 e. The lowest BCUT2D eigenvalue weighted by Crippen LogP contribution is -2.13. The van der Waals surface area contributed by atoms with Crippen LogP contribution in [0.2, 0.25) is 0 Å². The predicted molar refractivity (Wildman–Crippen MR) is 88.1 cm³/mol. The smallest absolute Gasteiger partial charge is 0.0466 e. The molecule has 1 aliphatic heterocycles. The van der Waals surface area contributed by atoms with Crippen LogP contribution in [0, 0.1) is 6.08 Å². The van der Waals surface area contributed by atoms with Crippen molar-refractivity contribution in [1.82, 2.24) is 0 Å². The largest absolute Gasteiger partial charge is 0.0891 e. The van der Waals surface area contributed by atoms with E-state index in [0.29, 0.717) is 0 Å². The number of hydrogen-bond donors (Lipinski definition) is 0. The van der Waals surface area contributed by atoms with Crippen LogP contribution in [0.15, 0.2) is 70.5 Å². The van der Waals surface area contributed by atoms with E-state index in [1.54, 1.807) is 0 Å². The third kappa shape index (κ3) is 1.80. The molecule has 1 heterocycles. The summed E-state index contributed by atoms with van der Waals surface area (Å²) in [5, 5.41) is 0. The number of rotatable bonds is 0. The van der Waals surface area contributed by atoms with E-state index in [0.717, 1.165) is 4.86 Å². The van der Waals surface area contributed by atoms with Crippen LogP contribution in [0.4, 0.5) is 0 Å². The SMILES string of the molecule is S=C1[C]=CC=C2c3ccccc3Sc3ccccc3C12. The molecule has 1 radical (unpaired) electrons. The third-order valence-electron chi connectivity index (χ3n) is 3.71. The maximum atomic E-state index is 5.58. The highest BCUT2D eigenvalue weighted by molar-refractivity contribution is 7.99. The van der Waals surface area contributed by atoms with Gasteiger partial charge in [0.25, 0.3) is 0 Å².